The summed E-state index contributed by atoms with van der Waals surface area (Å²) in [7, 11) is 0. The van der Waals surface area contributed by atoms with Crippen molar-refractivity contribution in [3.63, 3.8) is 0 Å². The third-order valence-corrected chi connectivity index (χ3v) is 3.80. The third-order valence-electron chi connectivity index (χ3n) is 3.01. The van der Waals surface area contributed by atoms with E-state index in [2.05, 4.69) is 21.2 Å². The van der Waals surface area contributed by atoms with Gasteiger partial charge in [0.2, 0.25) is 11.7 Å². The quantitative estimate of drug-likeness (QED) is 0.687. The Morgan fingerprint density at radius 2 is 2.14 bits per heavy atom. The average molecular weight is 296 g/mol. The Balaban J connectivity index is 1.92. The number of pyridine rings is 1. The van der Waals surface area contributed by atoms with Crippen LogP contribution in [0.5, 0.6) is 0 Å². The maximum atomic E-state index is 8.51. The highest BCUT2D eigenvalue weighted by Gasteiger charge is 2.11. The van der Waals surface area contributed by atoms with E-state index in [1.165, 1.54) is 11.8 Å². The molecule has 0 fully saturated rings. The van der Waals surface area contributed by atoms with Crippen molar-refractivity contribution in [3.8, 4) is 17.6 Å². The van der Waals surface area contributed by atoms with E-state index in [1.54, 1.807) is 0 Å². The summed E-state index contributed by atoms with van der Waals surface area (Å²) in [6, 6.07) is 12.0. The van der Waals surface area contributed by atoms with E-state index in [1.807, 2.05) is 37.3 Å². The molecule has 3 rings (SSSR count). The van der Waals surface area contributed by atoms with Crippen LogP contribution in [0.2, 0.25) is 0 Å². The summed E-state index contributed by atoms with van der Waals surface area (Å²) in [5.41, 5.74) is 2.74. The van der Waals surface area contributed by atoms with Crippen LogP contribution in [-0.4, -0.2) is 20.9 Å². The zero-order valence-electron chi connectivity index (χ0n) is 11.4. The Morgan fingerprint density at radius 1 is 1.29 bits per heavy atom. The van der Waals surface area contributed by atoms with E-state index >= 15 is 0 Å². The Morgan fingerprint density at radius 3 is 3.00 bits per heavy atom. The summed E-state index contributed by atoms with van der Waals surface area (Å²) < 4.78 is 5.19. The van der Waals surface area contributed by atoms with Gasteiger partial charge in [0, 0.05) is 5.39 Å². The zero-order chi connectivity index (χ0) is 14.7. The molecule has 21 heavy (non-hydrogen) atoms. The topological polar surface area (TPSA) is 75.6 Å². The number of nitrogens with zero attached hydrogens (tertiary/aromatic N) is 4. The molecule has 0 N–H and O–H groups in total. The van der Waals surface area contributed by atoms with Crippen LogP contribution < -0.4 is 0 Å². The minimum Gasteiger partial charge on any atom is -0.338 e. The molecular formula is C15H12N4OS. The maximum Gasteiger partial charge on any atom is 0.237 e. The number of rotatable bonds is 4. The van der Waals surface area contributed by atoms with Gasteiger partial charge in [0.05, 0.1) is 23.1 Å². The predicted molar refractivity (Wildman–Crippen MR) is 81.5 cm³/mol. The molecule has 0 radical (unpaired) electrons. The Hall–Kier alpha value is -2.39. The Labute approximate surface area is 126 Å². The van der Waals surface area contributed by atoms with E-state index in [4.69, 9.17) is 9.78 Å². The Bertz CT molecular complexity index is 822. The number of nitriles is 1. The number of fused-ring (bicyclic) bond motifs is 1. The van der Waals surface area contributed by atoms with E-state index in [9.17, 15) is 0 Å². The number of benzene rings is 1. The lowest BCUT2D eigenvalue weighted by molar-refractivity contribution is 0.391. The normalized spacial score (nSPS) is 10.7. The largest absolute Gasteiger partial charge is 0.338 e. The molecule has 2 heterocycles. The van der Waals surface area contributed by atoms with Gasteiger partial charge in [0.25, 0.3) is 0 Å². The van der Waals surface area contributed by atoms with Crippen molar-refractivity contribution >= 4 is 22.7 Å². The summed E-state index contributed by atoms with van der Waals surface area (Å²) in [5, 5.41) is 13.6. The molecule has 0 bridgehead atoms. The third kappa shape index (κ3) is 2.88. The molecule has 0 spiro atoms. The van der Waals surface area contributed by atoms with Gasteiger partial charge in [-0.15, -0.1) is 11.8 Å². The van der Waals surface area contributed by atoms with Crippen LogP contribution >= 0.6 is 11.8 Å². The number of thioether (sulfide) groups is 1. The molecule has 6 heteroatoms. The van der Waals surface area contributed by atoms with Crippen molar-refractivity contribution in [1.82, 2.24) is 15.1 Å². The fraction of sp³-hybridized carbons (Fsp3) is 0.200. The van der Waals surface area contributed by atoms with Crippen LogP contribution in [0.4, 0.5) is 0 Å². The number of para-hydroxylation sites is 1. The van der Waals surface area contributed by atoms with Gasteiger partial charge in [-0.25, -0.2) is 4.98 Å². The number of aromatic nitrogens is 3. The molecule has 0 unspecified atom stereocenters. The van der Waals surface area contributed by atoms with E-state index in [-0.39, 0.29) is 0 Å². The lowest BCUT2D eigenvalue weighted by Crippen LogP contribution is -1.90. The van der Waals surface area contributed by atoms with Crippen LogP contribution in [0.1, 0.15) is 11.5 Å². The fourth-order valence-electron chi connectivity index (χ4n) is 2.07. The van der Waals surface area contributed by atoms with Crippen molar-refractivity contribution in [3.05, 3.63) is 41.8 Å². The van der Waals surface area contributed by atoms with Gasteiger partial charge < -0.3 is 4.52 Å². The van der Waals surface area contributed by atoms with Gasteiger partial charge in [-0.3, -0.25) is 0 Å². The first kappa shape index (κ1) is 13.6. The van der Waals surface area contributed by atoms with Crippen molar-refractivity contribution in [2.75, 3.05) is 5.75 Å². The molecule has 104 valence electrons. The predicted octanol–water partition coefficient (Wildman–Crippen LogP) is 3.35. The van der Waals surface area contributed by atoms with Crippen LogP contribution in [0, 0.1) is 18.3 Å². The highest BCUT2D eigenvalue weighted by atomic mass is 32.2. The van der Waals surface area contributed by atoms with Crippen LogP contribution in [0.3, 0.4) is 0 Å². The highest BCUT2D eigenvalue weighted by molar-refractivity contribution is 7.98. The minimum absolute atomic E-state index is 0.408. The number of hydrogen-bond acceptors (Lipinski definition) is 6. The molecule has 0 amide bonds. The van der Waals surface area contributed by atoms with Gasteiger partial charge >= 0.3 is 0 Å². The molecule has 3 aromatic rings. The molecule has 0 saturated carbocycles. The lowest BCUT2D eigenvalue weighted by Gasteiger charge is -2.03. The number of hydrogen-bond donors (Lipinski definition) is 0. The summed E-state index contributed by atoms with van der Waals surface area (Å²) in [6.45, 7) is 2.04. The minimum atomic E-state index is 0.408. The molecular weight excluding hydrogens is 284 g/mol. The van der Waals surface area contributed by atoms with E-state index in [0.29, 0.717) is 28.9 Å². The van der Waals surface area contributed by atoms with Crippen molar-refractivity contribution in [2.24, 2.45) is 0 Å². The zero-order valence-corrected chi connectivity index (χ0v) is 12.2. The van der Waals surface area contributed by atoms with Crippen molar-refractivity contribution < 1.29 is 4.52 Å². The first-order valence-corrected chi connectivity index (χ1v) is 7.57. The van der Waals surface area contributed by atoms with Crippen LogP contribution in [0.25, 0.3) is 22.4 Å². The summed E-state index contributed by atoms with van der Waals surface area (Å²) in [6.07, 6.45) is 0. The van der Waals surface area contributed by atoms with Gasteiger partial charge in [0.1, 0.15) is 5.69 Å². The summed E-state index contributed by atoms with van der Waals surface area (Å²) in [5.74, 6) is 1.94. The second kappa shape index (κ2) is 5.94. The molecule has 0 saturated heterocycles. The molecule has 0 aliphatic heterocycles. The molecule has 0 aliphatic carbocycles. The van der Waals surface area contributed by atoms with Gasteiger partial charge in [-0.05, 0) is 24.6 Å². The van der Waals surface area contributed by atoms with Gasteiger partial charge in [0.15, 0.2) is 0 Å². The van der Waals surface area contributed by atoms with E-state index in [0.717, 1.165) is 16.5 Å². The second-order valence-corrected chi connectivity index (χ2v) is 5.49. The lowest BCUT2D eigenvalue weighted by atomic mass is 10.1. The monoisotopic (exact) mass is 296 g/mol. The van der Waals surface area contributed by atoms with Gasteiger partial charge in [-0.2, -0.15) is 10.2 Å². The Kier molecular flexibility index (Phi) is 3.84. The summed E-state index contributed by atoms with van der Waals surface area (Å²) in [4.78, 5) is 8.90. The molecule has 0 atom stereocenters. The van der Waals surface area contributed by atoms with Crippen molar-refractivity contribution in [1.29, 1.82) is 5.26 Å². The average Bonchev–Trinajstić information content (AvgIpc) is 2.96. The van der Waals surface area contributed by atoms with E-state index < -0.39 is 0 Å². The second-order valence-electron chi connectivity index (χ2n) is 4.50. The first-order chi connectivity index (χ1) is 10.3. The standard InChI is InChI=1S/C15H12N4OS/c1-10-8-13(17-12-5-3-2-4-11(10)12)15-18-14(20-19-15)9-21-7-6-16/h2-5,8H,7,9H2,1H3. The molecule has 2 aromatic heterocycles. The molecule has 5 nitrogen and oxygen atoms in total. The van der Waals surface area contributed by atoms with Crippen molar-refractivity contribution in [2.45, 2.75) is 12.7 Å². The number of aryl methyl sites for hydroxylation is 1. The van der Waals surface area contributed by atoms with Gasteiger partial charge in [-0.1, -0.05) is 23.4 Å². The molecule has 1 aromatic carbocycles. The fourth-order valence-corrected chi connectivity index (χ4v) is 2.55. The van der Waals surface area contributed by atoms with Crippen LogP contribution in [0.15, 0.2) is 34.9 Å². The molecule has 0 aliphatic rings. The maximum absolute atomic E-state index is 8.51. The first-order valence-electron chi connectivity index (χ1n) is 6.42. The highest BCUT2D eigenvalue weighted by Crippen LogP contribution is 2.23. The smallest absolute Gasteiger partial charge is 0.237 e. The SMILES string of the molecule is Cc1cc(-c2noc(CSCC#N)n2)nc2ccccc12. The summed E-state index contributed by atoms with van der Waals surface area (Å²) >= 11 is 1.44. The van der Waals surface area contributed by atoms with Crippen LogP contribution in [-0.2, 0) is 5.75 Å².